The number of amides is 1. The number of aryl methyl sites for hydroxylation is 1. The number of hydrogen-bond donors (Lipinski definition) is 2. The van der Waals surface area contributed by atoms with Crippen LogP contribution in [0.25, 0.3) is 0 Å². The Morgan fingerprint density at radius 2 is 2.24 bits per heavy atom. The summed E-state index contributed by atoms with van der Waals surface area (Å²) < 4.78 is 41.8. The summed E-state index contributed by atoms with van der Waals surface area (Å²) in [5.41, 5.74) is 0.0970. The minimum atomic E-state index is -4.22. The van der Waals surface area contributed by atoms with E-state index in [-0.39, 0.29) is 17.2 Å². The number of nitrogens with one attached hydrogen (secondary N) is 1. The Hall–Kier alpha value is -1.51. The lowest BCUT2D eigenvalue weighted by molar-refractivity contribution is 0.0857. The van der Waals surface area contributed by atoms with Gasteiger partial charge in [0, 0.05) is 18.7 Å². The third kappa shape index (κ3) is 3.78. The van der Waals surface area contributed by atoms with Crippen molar-refractivity contribution in [2.24, 2.45) is 5.14 Å². The fourth-order valence-electron chi connectivity index (χ4n) is 2.19. The highest BCUT2D eigenvalue weighted by molar-refractivity contribution is 7.89. The van der Waals surface area contributed by atoms with Crippen LogP contribution in [-0.4, -0.2) is 33.6 Å². The molecular weight excluding hydrogens is 299 g/mol. The summed E-state index contributed by atoms with van der Waals surface area (Å²) in [7, 11) is -4.22. The second kappa shape index (κ2) is 6.08. The zero-order valence-electron chi connectivity index (χ0n) is 11.6. The van der Waals surface area contributed by atoms with E-state index in [1.807, 2.05) is 0 Å². The van der Waals surface area contributed by atoms with Crippen molar-refractivity contribution in [3.8, 4) is 0 Å². The predicted octanol–water partition coefficient (Wildman–Crippen LogP) is 0.690. The number of hydrogen-bond acceptors (Lipinski definition) is 4. The number of carbonyl (C=O) groups is 1. The Morgan fingerprint density at radius 3 is 2.81 bits per heavy atom. The summed E-state index contributed by atoms with van der Waals surface area (Å²) in [6, 6.07) is 2.23. The molecule has 0 radical (unpaired) electrons. The fourth-order valence-corrected chi connectivity index (χ4v) is 2.89. The Balaban J connectivity index is 2.19. The first kappa shape index (κ1) is 15.9. The van der Waals surface area contributed by atoms with Gasteiger partial charge in [-0.05, 0) is 37.5 Å². The molecule has 1 heterocycles. The molecule has 1 amide bonds. The molecule has 1 aliphatic rings. The van der Waals surface area contributed by atoms with E-state index in [1.165, 1.54) is 13.0 Å². The Kier molecular flexibility index (Phi) is 4.60. The van der Waals surface area contributed by atoms with E-state index in [4.69, 9.17) is 9.88 Å². The first-order valence-electron chi connectivity index (χ1n) is 6.52. The molecule has 1 aromatic carbocycles. The van der Waals surface area contributed by atoms with Gasteiger partial charge >= 0.3 is 0 Å². The summed E-state index contributed by atoms with van der Waals surface area (Å²) in [6.07, 6.45) is 1.78. The van der Waals surface area contributed by atoms with Crippen molar-refractivity contribution in [1.29, 1.82) is 0 Å². The summed E-state index contributed by atoms with van der Waals surface area (Å²) in [5.74, 6) is -1.42. The summed E-state index contributed by atoms with van der Waals surface area (Å²) in [6.45, 7) is 2.38. The van der Waals surface area contributed by atoms with Crippen molar-refractivity contribution in [3.63, 3.8) is 0 Å². The van der Waals surface area contributed by atoms with Crippen molar-refractivity contribution in [1.82, 2.24) is 5.32 Å². The normalized spacial score (nSPS) is 18.7. The highest BCUT2D eigenvalue weighted by Gasteiger charge is 2.21. The van der Waals surface area contributed by atoms with Gasteiger partial charge in [0.2, 0.25) is 10.0 Å². The van der Waals surface area contributed by atoms with Crippen LogP contribution in [0.15, 0.2) is 17.0 Å². The molecule has 0 spiro atoms. The lowest BCUT2D eigenvalue weighted by Crippen LogP contribution is -2.32. The molecule has 1 unspecified atom stereocenters. The summed E-state index contributed by atoms with van der Waals surface area (Å²) in [5, 5.41) is 7.59. The average molecular weight is 316 g/mol. The molecule has 0 bridgehead atoms. The molecule has 8 heteroatoms. The maximum atomic E-state index is 13.8. The largest absolute Gasteiger partial charge is 0.376 e. The molecule has 1 aromatic rings. The number of nitrogens with two attached hydrogens (primary N) is 1. The maximum absolute atomic E-state index is 13.8. The van der Waals surface area contributed by atoms with E-state index in [0.29, 0.717) is 13.2 Å². The van der Waals surface area contributed by atoms with Gasteiger partial charge in [-0.3, -0.25) is 4.79 Å². The highest BCUT2D eigenvalue weighted by Crippen LogP contribution is 2.19. The molecule has 116 valence electrons. The van der Waals surface area contributed by atoms with E-state index in [9.17, 15) is 17.6 Å². The Bertz CT molecular complexity index is 654. The number of benzene rings is 1. The van der Waals surface area contributed by atoms with E-state index in [0.717, 1.165) is 18.9 Å². The van der Waals surface area contributed by atoms with Crippen LogP contribution in [-0.2, 0) is 14.8 Å². The van der Waals surface area contributed by atoms with Gasteiger partial charge in [-0.25, -0.2) is 17.9 Å². The fraction of sp³-hybridized carbons (Fsp3) is 0.462. The van der Waals surface area contributed by atoms with Crippen LogP contribution in [0.2, 0.25) is 0 Å². The maximum Gasteiger partial charge on any atom is 0.251 e. The second-order valence-electron chi connectivity index (χ2n) is 5.00. The molecule has 1 aliphatic heterocycles. The first-order chi connectivity index (χ1) is 9.79. The predicted molar refractivity (Wildman–Crippen MR) is 73.8 cm³/mol. The minimum Gasteiger partial charge on any atom is -0.376 e. The molecule has 1 fully saturated rings. The van der Waals surface area contributed by atoms with Crippen molar-refractivity contribution < 1.29 is 22.3 Å². The standard InChI is InChI=1S/C13H17FN2O4S/c1-8-5-9(6-11(12(8)14)21(15,18)19)13(17)16-7-10-3-2-4-20-10/h5-6,10H,2-4,7H2,1H3,(H,16,17)(H2,15,18,19). The van der Waals surface area contributed by atoms with Gasteiger partial charge in [0.05, 0.1) is 6.10 Å². The van der Waals surface area contributed by atoms with Crippen LogP contribution in [0.4, 0.5) is 4.39 Å². The van der Waals surface area contributed by atoms with Crippen LogP contribution < -0.4 is 10.5 Å². The van der Waals surface area contributed by atoms with Gasteiger partial charge < -0.3 is 10.1 Å². The summed E-state index contributed by atoms with van der Waals surface area (Å²) >= 11 is 0. The summed E-state index contributed by atoms with van der Waals surface area (Å²) in [4.78, 5) is 11.3. The lowest BCUT2D eigenvalue weighted by atomic mass is 10.1. The minimum absolute atomic E-state index is 0.0341. The van der Waals surface area contributed by atoms with Gasteiger partial charge in [-0.1, -0.05) is 0 Å². The third-order valence-corrected chi connectivity index (χ3v) is 4.21. The van der Waals surface area contributed by atoms with Crippen LogP contribution in [0.5, 0.6) is 0 Å². The lowest BCUT2D eigenvalue weighted by Gasteiger charge is -2.12. The highest BCUT2D eigenvalue weighted by atomic mass is 32.2. The molecule has 1 atom stereocenters. The van der Waals surface area contributed by atoms with E-state index < -0.39 is 26.6 Å². The number of carbonyl (C=O) groups excluding carboxylic acids is 1. The number of ether oxygens (including phenoxy) is 1. The molecule has 1 saturated heterocycles. The van der Waals surface area contributed by atoms with Gasteiger partial charge in [0.1, 0.15) is 10.7 Å². The monoisotopic (exact) mass is 316 g/mol. The van der Waals surface area contributed by atoms with Crippen molar-refractivity contribution in [2.75, 3.05) is 13.2 Å². The number of primary sulfonamides is 1. The topological polar surface area (TPSA) is 98.5 Å². The quantitative estimate of drug-likeness (QED) is 0.854. The zero-order valence-corrected chi connectivity index (χ0v) is 12.4. The van der Waals surface area contributed by atoms with Crippen LogP contribution in [0.3, 0.4) is 0 Å². The second-order valence-corrected chi connectivity index (χ2v) is 6.53. The van der Waals surface area contributed by atoms with Crippen LogP contribution >= 0.6 is 0 Å². The SMILES string of the molecule is Cc1cc(C(=O)NCC2CCCO2)cc(S(N)(=O)=O)c1F. The molecule has 6 nitrogen and oxygen atoms in total. The van der Waals surface area contributed by atoms with Gasteiger partial charge in [0.15, 0.2) is 0 Å². The van der Waals surface area contributed by atoms with Gasteiger partial charge in [-0.2, -0.15) is 0 Å². The van der Waals surface area contributed by atoms with Crippen molar-refractivity contribution in [2.45, 2.75) is 30.8 Å². The molecule has 3 N–H and O–H groups in total. The van der Waals surface area contributed by atoms with Crippen LogP contribution in [0.1, 0.15) is 28.8 Å². The first-order valence-corrected chi connectivity index (χ1v) is 8.06. The van der Waals surface area contributed by atoms with Gasteiger partial charge in [0.25, 0.3) is 5.91 Å². The molecule has 2 rings (SSSR count). The van der Waals surface area contributed by atoms with Crippen LogP contribution in [0, 0.1) is 12.7 Å². The average Bonchev–Trinajstić information content (AvgIpc) is 2.90. The third-order valence-electron chi connectivity index (χ3n) is 3.30. The smallest absolute Gasteiger partial charge is 0.251 e. The Morgan fingerprint density at radius 1 is 1.52 bits per heavy atom. The molecular formula is C13H17FN2O4S. The Labute approximate surface area is 122 Å². The van der Waals surface area contributed by atoms with E-state index in [1.54, 1.807) is 0 Å². The van der Waals surface area contributed by atoms with E-state index >= 15 is 0 Å². The molecule has 0 aromatic heterocycles. The molecule has 21 heavy (non-hydrogen) atoms. The number of halogens is 1. The molecule has 0 saturated carbocycles. The van der Waals surface area contributed by atoms with Gasteiger partial charge in [-0.15, -0.1) is 0 Å². The van der Waals surface area contributed by atoms with E-state index in [2.05, 4.69) is 5.32 Å². The van der Waals surface area contributed by atoms with Crippen molar-refractivity contribution in [3.05, 3.63) is 29.1 Å². The van der Waals surface area contributed by atoms with Crippen molar-refractivity contribution >= 4 is 15.9 Å². The number of sulfonamides is 1. The molecule has 0 aliphatic carbocycles. The zero-order chi connectivity index (χ0) is 15.6. The number of rotatable bonds is 4.